The lowest BCUT2D eigenvalue weighted by Gasteiger charge is -2.36. The van der Waals surface area contributed by atoms with Crippen molar-refractivity contribution in [1.29, 1.82) is 0 Å². The van der Waals surface area contributed by atoms with Gasteiger partial charge in [0.1, 0.15) is 0 Å². The number of aromatic nitrogens is 2. The van der Waals surface area contributed by atoms with Gasteiger partial charge in [0.15, 0.2) is 5.16 Å². The van der Waals surface area contributed by atoms with E-state index in [1.165, 1.54) is 17.3 Å². The van der Waals surface area contributed by atoms with E-state index in [-0.39, 0.29) is 16.9 Å². The number of nitrogens with one attached hydrogen (secondary N) is 1. The van der Waals surface area contributed by atoms with E-state index in [0.29, 0.717) is 11.7 Å². The lowest BCUT2D eigenvalue weighted by molar-refractivity contribution is -0.115. The predicted octanol–water partition coefficient (Wildman–Crippen LogP) is 5.42. The third-order valence-corrected chi connectivity index (χ3v) is 8.13. The molecule has 1 fully saturated rings. The van der Waals surface area contributed by atoms with Gasteiger partial charge in [0.2, 0.25) is 5.91 Å². The zero-order valence-electron chi connectivity index (χ0n) is 19.1. The molecule has 33 heavy (non-hydrogen) atoms. The quantitative estimate of drug-likeness (QED) is 0.409. The third kappa shape index (κ3) is 3.90. The Labute approximate surface area is 198 Å². The fourth-order valence-electron chi connectivity index (χ4n) is 5.39. The molecule has 0 radical (unpaired) electrons. The fraction of sp³-hybridized carbons (Fsp3) is 0.370. The number of thioether (sulfide) groups is 1. The topological polar surface area (TPSA) is 64.0 Å². The Morgan fingerprint density at radius 2 is 1.82 bits per heavy atom. The zero-order chi connectivity index (χ0) is 23.0. The molecule has 1 N–H and O–H groups in total. The van der Waals surface area contributed by atoms with Gasteiger partial charge in [0.05, 0.1) is 16.5 Å². The Hall–Kier alpha value is -2.86. The largest absolute Gasteiger partial charge is 0.325 e. The minimum atomic E-state index is -0.396. The van der Waals surface area contributed by atoms with E-state index in [1.54, 1.807) is 4.57 Å². The van der Waals surface area contributed by atoms with E-state index in [2.05, 4.69) is 23.5 Å². The van der Waals surface area contributed by atoms with Crippen LogP contribution in [0.4, 0.5) is 5.69 Å². The molecule has 3 aromatic rings. The Kier molecular flexibility index (Phi) is 5.87. The number of carbonyl (C=O) groups is 1. The van der Waals surface area contributed by atoms with Gasteiger partial charge in [-0.1, -0.05) is 67.1 Å². The first-order chi connectivity index (χ1) is 16.0. The number of fused-ring (bicyclic) bond motifs is 4. The normalized spacial score (nSPS) is 16.8. The average Bonchev–Trinajstić information content (AvgIpc) is 3.28. The molecule has 0 aliphatic heterocycles. The molecule has 1 amide bonds. The maximum absolute atomic E-state index is 13.9. The van der Waals surface area contributed by atoms with Crippen molar-refractivity contribution in [3.63, 3.8) is 0 Å². The van der Waals surface area contributed by atoms with Crippen LogP contribution in [0.1, 0.15) is 50.7 Å². The lowest BCUT2D eigenvalue weighted by atomic mass is 9.68. The highest BCUT2D eigenvalue weighted by Gasteiger charge is 2.44. The van der Waals surface area contributed by atoms with Crippen molar-refractivity contribution in [1.82, 2.24) is 9.55 Å². The molecular formula is C27H29N3O2S. The Balaban J connectivity index is 1.56. The summed E-state index contributed by atoms with van der Waals surface area (Å²) in [5.41, 5.74) is 4.78. The number of hydrogen-bond acceptors (Lipinski definition) is 4. The summed E-state index contributed by atoms with van der Waals surface area (Å²) in [6.45, 7) is 4.37. The van der Waals surface area contributed by atoms with E-state index in [1.807, 2.05) is 50.2 Å². The molecular weight excluding hydrogens is 430 g/mol. The van der Waals surface area contributed by atoms with Crippen LogP contribution in [0.5, 0.6) is 0 Å². The average molecular weight is 460 g/mol. The van der Waals surface area contributed by atoms with E-state index in [4.69, 9.17) is 4.98 Å². The highest BCUT2D eigenvalue weighted by molar-refractivity contribution is 8.00. The fourth-order valence-corrected chi connectivity index (χ4v) is 6.36. The van der Waals surface area contributed by atoms with Gasteiger partial charge in [-0.15, -0.1) is 0 Å². The monoisotopic (exact) mass is 459 g/mol. The van der Waals surface area contributed by atoms with Gasteiger partial charge in [-0.05, 0) is 50.8 Å². The van der Waals surface area contributed by atoms with Gasteiger partial charge in [-0.3, -0.25) is 14.2 Å². The summed E-state index contributed by atoms with van der Waals surface area (Å²) in [4.78, 5) is 31.8. The number of nitrogens with zero attached hydrogens (tertiary/aromatic N) is 2. The van der Waals surface area contributed by atoms with Crippen molar-refractivity contribution in [3.8, 4) is 11.3 Å². The number of benzene rings is 2. The first-order valence-electron chi connectivity index (χ1n) is 11.8. The molecule has 170 valence electrons. The number of carbonyl (C=O) groups excluding carboxylic acids is 1. The van der Waals surface area contributed by atoms with Crippen molar-refractivity contribution in [2.24, 2.45) is 0 Å². The molecule has 5 rings (SSSR count). The predicted molar refractivity (Wildman–Crippen MR) is 134 cm³/mol. The highest BCUT2D eigenvalue weighted by atomic mass is 32.2. The lowest BCUT2D eigenvalue weighted by Crippen LogP contribution is -2.40. The molecule has 2 aliphatic carbocycles. The summed E-state index contributed by atoms with van der Waals surface area (Å²) in [5, 5.41) is 3.17. The molecule has 2 aromatic carbocycles. The Morgan fingerprint density at radius 1 is 1.12 bits per heavy atom. The minimum absolute atomic E-state index is 0.0667. The summed E-state index contributed by atoms with van der Waals surface area (Å²) in [7, 11) is 0. The summed E-state index contributed by atoms with van der Waals surface area (Å²) < 4.78 is 1.77. The van der Waals surface area contributed by atoms with Gasteiger partial charge in [0.25, 0.3) is 5.56 Å². The number of anilines is 1. The van der Waals surface area contributed by atoms with Crippen LogP contribution in [0.2, 0.25) is 0 Å². The molecule has 2 aliphatic rings. The summed E-state index contributed by atoms with van der Waals surface area (Å²) in [6, 6.07) is 17.8. The van der Waals surface area contributed by atoms with Gasteiger partial charge in [-0.25, -0.2) is 4.98 Å². The van der Waals surface area contributed by atoms with Crippen molar-refractivity contribution >= 4 is 23.4 Å². The molecule has 5 nitrogen and oxygen atoms in total. The number of hydrogen-bond donors (Lipinski definition) is 1. The second kappa shape index (κ2) is 8.82. The van der Waals surface area contributed by atoms with E-state index in [0.717, 1.165) is 54.6 Å². The standard InChI is InChI=1S/C27H29N3O2S/c1-3-30-25(32)22-23(21-14-8-7-11-19(21)17-27(22)15-9-10-16-27)29-26(30)33-18(2)24(31)28-20-12-5-4-6-13-20/h4-8,11-14,18H,3,9-10,15-17H2,1-2H3,(H,28,31)/t18-/m0/s1. The van der Waals surface area contributed by atoms with Gasteiger partial charge in [0, 0.05) is 23.2 Å². The van der Waals surface area contributed by atoms with Crippen molar-refractivity contribution in [2.45, 2.75) is 68.3 Å². The van der Waals surface area contributed by atoms with Crippen LogP contribution in [0.15, 0.2) is 64.5 Å². The highest BCUT2D eigenvalue weighted by Crippen LogP contribution is 2.50. The molecule has 1 saturated carbocycles. The van der Waals surface area contributed by atoms with E-state index < -0.39 is 5.25 Å². The maximum Gasteiger partial charge on any atom is 0.258 e. The first-order valence-corrected chi connectivity index (χ1v) is 12.7. The summed E-state index contributed by atoms with van der Waals surface area (Å²) in [6.07, 6.45) is 5.30. The third-order valence-electron chi connectivity index (χ3n) is 7.04. The van der Waals surface area contributed by atoms with Gasteiger partial charge < -0.3 is 5.32 Å². The molecule has 1 spiro atoms. The zero-order valence-corrected chi connectivity index (χ0v) is 20.0. The van der Waals surface area contributed by atoms with Crippen LogP contribution in [0.3, 0.4) is 0 Å². The van der Waals surface area contributed by atoms with Crippen LogP contribution in [-0.2, 0) is 23.2 Å². The maximum atomic E-state index is 13.9. The molecule has 0 saturated heterocycles. The number of rotatable bonds is 5. The molecule has 1 heterocycles. The second-order valence-electron chi connectivity index (χ2n) is 9.10. The summed E-state index contributed by atoms with van der Waals surface area (Å²) >= 11 is 1.35. The van der Waals surface area contributed by atoms with Crippen LogP contribution in [0.25, 0.3) is 11.3 Å². The SMILES string of the molecule is CCn1c(S[C@@H](C)C(=O)Nc2ccccc2)nc2c(c1=O)C1(CCCC1)Cc1ccccc1-2. The minimum Gasteiger partial charge on any atom is -0.325 e. The molecule has 1 aromatic heterocycles. The Morgan fingerprint density at radius 3 is 2.55 bits per heavy atom. The number of amides is 1. The second-order valence-corrected chi connectivity index (χ2v) is 10.4. The van der Waals surface area contributed by atoms with Crippen LogP contribution in [-0.4, -0.2) is 20.7 Å². The molecule has 0 unspecified atom stereocenters. The smallest absolute Gasteiger partial charge is 0.258 e. The first kappa shape index (κ1) is 22.0. The van der Waals surface area contributed by atoms with Crippen molar-refractivity contribution in [2.75, 3.05) is 5.32 Å². The summed E-state index contributed by atoms with van der Waals surface area (Å²) in [5.74, 6) is -0.103. The molecule has 1 atom stereocenters. The molecule has 0 bridgehead atoms. The number of para-hydroxylation sites is 1. The van der Waals surface area contributed by atoms with Gasteiger partial charge in [-0.2, -0.15) is 0 Å². The van der Waals surface area contributed by atoms with Crippen molar-refractivity contribution in [3.05, 3.63) is 76.1 Å². The molecule has 6 heteroatoms. The van der Waals surface area contributed by atoms with Crippen LogP contribution >= 0.6 is 11.8 Å². The van der Waals surface area contributed by atoms with E-state index in [9.17, 15) is 9.59 Å². The van der Waals surface area contributed by atoms with Crippen LogP contribution < -0.4 is 10.9 Å². The van der Waals surface area contributed by atoms with E-state index >= 15 is 0 Å². The Bertz CT molecular complexity index is 1250. The van der Waals surface area contributed by atoms with Gasteiger partial charge >= 0.3 is 0 Å². The van der Waals surface area contributed by atoms with Crippen LogP contribution in [0, 0.1) is 0 Å². The van der Waals surface area contributed by atoms with Crippen molar-refractivity contribution < 1.29 is 4.79 Å².